The van der Waals surface area contributed by atoms with Crippen LogP contribution in [0, 0.1) is 22.7 Å². The minimum absolute atomic E-state index is 0.120. The topological polar surface area (TPSA) is 186 Å². The normalized spacial score (nSPS) is 39.4. The zero-order chi connectivity index (χ0) is 30.5. The summed E-state index contributed by atoms with van der Waals surface area (Å²) in [7, 11) is 0. The van der Waals surface area contributed by atoms with Gasteiger partial charge in [0.15, 0.2) is 12.2 Å². The molecule has 12 heteroatoms. The molecule has 3 aliphatic rings. The fourth-order valence-corrected chi connectivity index (χ4v) is 7.70. The number of ether oxygens (including phenoxy) is 4. The summed E-state index contributed by atoms with van der Waals surface area (Å²) in [5, 5.41) is 46.0. The molecule has 0 unspecified atom stereocenters. The third-order valence-corrected chi connectivity index (χ3v) is 9.25. The molecule has 0 aromatic heterocycles. The zero-order valence-electron chi connectivity index (χ0n) is 24.3. The first-order valence-electron chi connectivity index (χ1n) is 13.4. The minimum atomic E-state index is -1.77. The van der Waals surface area contributed by atoms with Crippen molar-refractivity contribution in [2.75, 3.05) is 6.61 Å². The van der Waals surface area contributed by atoms with Crippen molar-refractivity contribution in [1.82, 2.24) is 0 Å². The summed E-state index contributed by atoms with van der Waals surface area (Å²) in [6.45, 7) is 10.1. The highest BCUT2D eigenvalue weighted by atomic mass is 16.6. The average molecular weight is 571 g/mol. The van der Waals surface area contributed by atoms with Crippen LogP contribution >= 0.6 is 0 Å². The van der Waals surface area contributed by atoms with Crippen molar-refractivity contribution in [3.8, 4) is 0 Å². The molecule has 0 heterocycles. The number of aliphatic hydroxyl groups excluding tert-OH is 3. The lowest BCUT2D eigenvalue weighted by Crippen LogP contribution is -2.66. The first-order chi connectivity index (χ1) is 18.3. The molecule has 2 saturated carbocycles. The highest BCUT2D eigenvalue weighted by Crippen LogP contribution is 2.65. The summed E-state index contributed by atoms with van der Waals surface area (Å²) in [5.74, 6) is -5.08. The maximum atomic E-state index is 12.6. The summed E-state index contributed by atoms with van der Waals surface area (Å²) in [6, 6.07) is 0. The third-order valence-electron chi connectivity index (χ3n) is 9.25. The van der Waals surface area contributed by atoms with E-state index >= 15 is 0 Å². The first kappa shape index (κ1) is 32.0. The molecular formula is C28H42O12. The molecule has 0 saturated heterocycles. The van der Waals surface area contributed by atoms with Gasteiger partial charge in [0.05, 0.1) is 28.6 Å². The molecule has 10 atom stereocenters. The molecule has 12 nitrogen and oxygen atoms in total. The lowest BCUT2D eigenvalue weighted by Gasteiger charge is -2.57. The van der Waals surface area contributed by atoms with Gasteiger partial charge in [0.25, 0.3) is 0 Å². The van der Waals surface area contributed by atoms with Gasteiger partial charge in [-0.05, 0) is 38.3 Å². The predicted molar refractivity (Wildman–Crippen MR) is 137 cm³/mol. The molecule has 0 amide bonds. The fourth-order valence-electron chi connectivity index (χ4n) is 7.70. The van der Waals surface area contributed by atoms with E-state index in [4.69, 9.17) is 18.9 Å². The first-order valence-corrected chi connectivity index (χ1v) is 13.4. The number of esters is 4. The summed E-state index contributed by atoms with van der Waals surface area (Å²) < 4.78 is 23.0. The van der Waals surface area contributed by atoms with Crippen molar-refractivity contribution in [1.29, 1.82) is 0 Å². The van der Waals surface area contributed by atoms with Gasteiger partial charge in [0.2, 0.25) is 0 Å². The zero-order valence-corrected chi connectivity index (χ0v) is 24.3. The lowest BCUT2D eigenvalue weighted by molar-refractivity contribution is -0.243. The lowest BCUT2D eigenvalue weighted by atomic mass is 9.52. The van der Waals surface area contributed by atoms with E-state index < -0.39 is 95.4 Å². The fraction of sp³-hybridized carbons (Fsp3) is 0.786. The summed E-state index contributed by atoms with van der Waals surface area (Å²) >= 11 is 0. The maximum Gasteiger partial charge on any atom is 0.303 e. The van der Waals surface area contributed by atoms with Gasteiger partial charge in [0, 0.05) is 52.6 Å². The van der Waals surface area contributed by atoms with Gasteiger partial charge in [-0.15, -0.1) is 0 Å². The Morgan fingerprint density at radius 2 is 1.45 bits per heavy atom. The third kappa shape index (κ3) is 5.03. The SMILES string of the molecule is CC(=O)O[C@H]1C[C@H](OC(C)=O)[C@]2(C)[C@@H]([C@@H]1CO)[C@H](O)[C@]1(C(C)(C)O)C[C@H](O)C(C)=C1[C@@H](OC(C)=O)[C@@H]2OC(C)=O. The van der Waals surface area contributed by atoms with Crippen LogP contribution in [-0.2, 0) is 38.1 Å². The van der Waals surface area contributed by atoms with Gasteiger partial charge in [-0.25, -0.2) is 0 Å². The Morgan fingerprint density at radius 1 is 0.925 bits per heavy atom. The molecule has 0 bridgehead atoms. The second-order valence-corrected chi connectivity index (χ2v) is 12.1. The standard InChI is InChI=1S/C28H42O12/c1-12-18(34)10-28(26(6,7)36)21(12)23(39-15(4)32)25(40-16(5)33)27(8)20(38-14(3)31)9-19(37-13(2)30)17(11-29)22(27)24(28)35/h17-20,22-25,29,34-36H,9-11H2,1-8H3/t17-,18+,19+,20+,22+,23-,24+,25+,27-,28+/m1/s1. The molecule has 2 fully saturated rings. The Bertz CT molecular complexity index is 1080. The van der Waals surface area contributed by atoms with Crippen molar-refractivity contribution >= 4 is 23.9 Å². The van der Waals surface area contributed by atoms with E-state index in [0.29, 0.717) is 5.57 Å². The van der Waals surface area contributed by atoms with E-state index in [9.17, 15) is 39.6 Å². The summed E-state index contributed by atoms with van der Waals surface area (Å²) in [5.41, 5.74) is -4.52. The Morgan fingerprint density at radius 3 is 1.90 bits per heavy atom. The Kier molecular flexibility index (Phi) is 8.82. The van der Waals surface area contributed by atoms with E-state index in [0.717, 1.165) is 13.8 Å². The van der Waals surface area contributed by atoms with Crippen LogP contribution in [0.15, 0.2) is 11.1 Å². The Hall–Kier alpha value is -2.54. The number of rotatable bonds is 6. The smallest absolute Gasteiger partial charge is 0.303 e. The van der Waals surface area contributed by atoms with Crippen LogP contribution in [0.2, 0.25) is 0 Å². The monoisotopic (exact) mass is 570 g/mol. The number of carbonyl (C=O) groups excluding carboxylic acids is 4. The summed E-state index contributed by atoms with van der Waals surface area (Å²) in [4.78, 5) is 49.6. The van der Waals surface area contributed by atoms with Crippen molar-refractivity contribution < 1.29 is 58.6 Å². The summed E-state index contributed by atoms with van der Waals surface area (Å²) in [6.07, 6.45) is -8.12. The van der Waals surface area contributed by atoms with Crippen molar-refractivity contribution in [2.45, 2.75) is 110 Å². The van der Waals surface area contributed by atoms with E-state index in [1.165, 1.54) is 27.7 Å². The van der Waals surface area contributed by atoms with Crippen LogP contribution in [0.5, 0.6) is 0 Å². The van der Waals surface area contributed by atoms with Crippen molar-refractivity contribution in [3.63, 3.8) is 0 Å². The molecule has 0 aromatic carbocycles. The molecule has 226 valence electrons. The quantitative estimate of drug-likeness (QED) is 0.198. The van der Waals surface area contributed by atoms with Crippen LogP contribution in [0.25, 0.3) is 0 Å². The van der Waals surface area contributed by atoms with Crippen LogP contribution in [0.3, 0.4) is 0 Å². The van der Waals surface area contributed by atoms with Gasteiger partial charge in [-0.3, -0.25) is 19.2 Å². The van der Waals surface area contributed by atoms with Crippen LogP contribution in [-0.4, -0.2) is 93.1 Å². The maximum absolute atomic E-state index is 12.6. The van der Waals surface area contributed by atoms with Crippen molar-refractivity contribution in [2.24, 2.45) is 22.7 Å². The van der Waals surface area contributed by atoms with E-state index in [2.05, 4.69) is 0 Å². The highest BCUT2D eigenvalue weighted by molar-refractivity contribution is 5.69. The number of hydrogen-bond acceptors (Lipinski definition) is 12. The second-order valence-electron chi connectivity index (χ2n) is 12.1. The predicted octanol–water partition coefficient (Wildman–Crippen LogP) is 0.561. The average Bonchev–Trinajstić information content (AvgIpc) is 3.04. The van der Waals surface area contributed by atoms with Gasteiger partial charge in [0.1, 0.15) is 12.2 Å². The number of fused-ring (bicyclic) bond motifs is 2. The van der Waals surface area contributed by atoms with E-state index in [1.807, 2.05) is 0 Å². The molecule has 4 N–H and O–H groups in total. The number of hydrogen-bond donors (Lipinski definition) is 4. The minimum Gasteiger partial charge on any atom is -0.462 e. The molecule has 3 aliphatic carbocycles. The van der Waals surface area contributed by atoms with Crippen LogP contribution < -0.4 is 0 Å². The Balaban J connectivity index is 2.51. The molecule has 0 spiro atoms. The second kappa shape index (κ2) is 11.0. The van der Waals surface area contributed by atoms with Gasteiger partial charge >= 0.3 is 23.9 Å². The van der Waals surface area contributed by atoms with Gasteiger partial charge in [-0.2, -0.15) is 0 Å². The van der Waals surface area contributed by atoms with E-state index in [-0.39, 0.29) is 18.4 Å². The molecular weight excluding hydrogens is 528 g/mol. The van der Waals surface area contributed by atoms with Crippen molar-refractivity contribution in [3.05, 3.63) is 11.1 Å². The Labute approximate surface area is 233 Å². The molecule has 3 rings (SSSR count). The largest absolute Gasteiger partial charge is 0.462 e. The van der Waals surface area contributed by atoms with E-state index in [1.54, 1.807) is 13.8 Å². The molecule has 0 aromatic rings. The number of carbonyl (C=O) groups is 4. The van der Waals surface area contributed by atoms with Gasteiger partial charge in [-0.1, -0.05) is 6.92 Å². The highest BCUT2D eigenvalue weighted by Gasteiger charge is 2.73. The van der Waals surface area contributed by atoms with Gasteiger partial charge < -0.3 is 39.4 Å². The van der Waals surface area contributed by atoms with Crippen LogP contribution in [0.4, 0.5) is 0 Å². The molecule has 0 aliphatic heterocycles. The van der Waals surface area contributed by atoms with Crippen LogP contribution in [0.1, 0.15) is 68.2 Å². The molecule has 0 radical (unpaired) electrons. The molecule has 40 heavy (non-hydrogen) atoms. The number of aliphatic hydroxyl groups is 4.